The number of carbonyl (C=O) groups excluding carboxylic acids is 2. The van der Waals surface area contributed by atoms with Gasteiger partial charge in [0.25, 0.3) is 11.7 Å². The van der Waals surface area contributed by atoms with Crippen LogP contribution in [0.15, 0.2) is 52.8 Å². The lowest BCUT2D eigenvalue weighted by atomic mass is 9.96. The van der Waals surface area contributed by atoms with Crippen LogP contribution in [-0.2, 0) is 9.59 Å². The molecule has 0 aliphatic carbocycles. The van der Waals surface area contributed by atoms with Gasteiger partial charge in [0.1, 0.15) is 11.5 Å². The molecular formula is C20H19BrN2O4. The van der Waals surface area contributed by atoms with Crippen LogP contribution in [-0.4, -0.2) is 40.3 Å². The molecule has 1 aliphatic heterocycles. The third-order valence-electron chi connectivity index (χ3n) is 4.45. The van der Waals surface area contributed by atoms with Gasteiger partial charge < -0.3 is 14.7 Å². The highest BCUT2D eigenvalue weighted by Crippen LogP contribution is 2.40. The number of hydrogen-bond acceptors (Lipinski definition) is 5. The topological polar surface area (TPSA) is 79.7 Å². The molecule has 6 nitrogen and oxygen atoms in total. The summed E-state index contributed by atoms with van der Waals surface area (Å²) in [6.07, 6.45) is 3.90. The third-order valence-corrected chi connectivity index (χ3v) is 5.07. The number of amides is 1. The normalized spacial score (nSPS) is 18.8. The molecule has 1 aliphatic rings. The van der Waals surface area contributed by atoms with Gasteiger partial charge in [-0.15, -0.1) is 0 Å². The minimum Gasteiger partial charge on any atom is -0.507 e. The Morgan fingerprint density at radius 1 is 1.26 bits per heavy atom. The van der Waals surface area contributed by atoms with Crippen LogP contribution in [0.1, 0.15) is 30.5 Å². The largest absolute Gasteiger partial charge is 0.507 e. The van der Waals surface area contributed by atoms with Crippen molar-refractivity contribution >= 4 is 33.4 Å². The number of rotatable bonds is 5. The highest BCUT2D eigenvalue weighted by Gasteiger charge is 2.45. The molecule has 3 rings (SSSR count). The molecule has 1 unspecified atom stereocenters. The highest BCUT2D eigenvalue weighted by molar-refractivity contribution is 9.10. The van der Waals surface area contributed by atoms with Crippen molar-refractivity contribution in [2.75, 3.05) is 13.7 Å². The zero-order chi connectivity index (χ0) is 19.6. The Hall–Kier alpha value is -2.67. The quantitative estimate of drug-likeness (QED) is 0.444. The Balaban J connectivity index is 2.17. The van der Waals surface area contributed by atoms with Crippen molar-refractivity contribution in [1.29, 1.82) is 0 Å². The summed E-state index contributed by atoms with van der Waals surface area (Å²) in [5.74, 6) is -0.900. The molecule has 1 atom stereocenters. The first-order valence-electron chi connectivity index (χ1n) is 8.51. The van der Waals surface area contributed by atoms with Gasteiger partial charge >= 0.3 is 0 Å². The highest BCUT2D eigenvalue weighted by atomic mass is 79.9. The summed E-state index contributed by atoms with van der Waals surface area (Å²) in [6, 6.07) is 7.84. The first kappa shape index (κ1) is 19.1. The zero-order valence-corrected chi connectivity index (χ0v) is 16.6. The summed E-state index contributed by atoms with van der Waals surface area (Å²) in [4.78, 5) is 30.8. The van der Waals surface area contributed by atoms with Gasteiger partial charge in [-0.05, 0) is 58.2 Å². The van der Waals surface area contributed by atoms with Crippen molar-refractivity contribution in [3.63, 3.8) is 0 Å². The van der Waals surface area contributed by atoms with Crippen molar-refractivity contribution in [1.82, 2.24) is 9.88 Å². The van der Waals surface area contributed by atoms with Gasteiger partial charge in [0.05, 0.1) is 23.2 Å². The molecule has 1 aromatic heterocycles. The number of halogens is 1. The molecular weight excluding hydrogens is 412 g/mol. The van der Waals surface area contributed by atoms with Crippen LogP contribution in [0.25, 0.3) is 5.76 Å². The van der Waals surface area contributed by atoms with Crippen LogP contribution in [0.3, 0.4) is 0 Å². The summed E-state index contributed by atoms with van der Waals surface area (Å²) >= 11 is 3.38. The van der Waals surface area contributed by atoms with Crippen LogP contribution >= 0.6 is 15.9 Å². The number of likely N-dealkylation sites (tertiary alicyclic amines) is 1. The molecule has 1 aromatic carbocycles. The van der Waals surface area contributed by atoms with Gasteiger partial charge in [0.15, 0.2) is 0 Å². The van der Waals surface area contributed by atoms with E-state index in [0.29, 0.717) is 28.8 Å². The van der Waals surface area contributed by atoms with E-state index in [2.05, 4.69) is 20.9 Å². The number of aliphatic hydroxyl groups excluding tert-OH is 1. The average Bonchev–Trinajstić information content (AvgIpc) is 2.93. The molecule has 1 saturated heterocycles. The number of hydrogen-bond donors (Lipinski definition) is 1. The van der Waals surface area contributed by atoms with Gasteiger partial charge in [-0.1, -0.05) is 6.92 Å². The molecule has 7 heteroatoms. The van der Waals surface area contributed by atoms with E-state index >= 15 is 0 Å². The Morgan fingerprint density at radius 3 is 2.56 bits per heavy atom. The monoisotopic (exact) mass is 430 g/mol. The first-order chi connectivity index (χ1) is 13.0. The first-order valence-corrected chi connectivity index (χ1v) is 9.31. The summed E-state index contributed by atoms with van der Waals surface area (Å²) in [5.41, 5.74) is 1.24. The number of carbonyl (C=O) groups is 2. The summed E-state index contributed by atoms with van der Waals surface area (Å²) in [7, 11) is 1.54. The lowest BCUT2D eigenvalue weighted by Crippen LogP contribution is -2.30. The van der Waals surface area contributed by atoms with Crippen LogP contribution < -0.4 is 4.74 Å². The number of nitrogens with zero attached hydrogens (tertiary/aromatic N) is 2. The van der Waals surface area contributed by atoms with Gasteiger partial charge in [-0.3, -0.25) is 14.6 Å². The van der Waals surface area contributed by atoms with Crippen molar-refractivity contribution in [3.05, 3.63) is 63.9 Å². The van der Waals surface area contributed by atoms with Crippen molar-refractivity contribution in [2.45, 2.75) is 19.4 Å². The lowest BCUT2D eigenvalue weighted by molar-refractivity contribution is -0.139. The number of Topliss-reactive ketones (excluding diaryl/α,β-unsaturated/α-hetero) is 1. The SMILES string of the molecule is CCCN1C(=O)C(=O)/C(=C(\O)c2ccc(OC)c(Br)c2)C1c1ccncc1. The number of benzene rings is 1. The molecule has 0 bridgehead atoms. The Labute approximate surface area is 165 Å². The number of pyridine rings is 1. The second-order valence-electron chi connectivity index (χ2n) is 6.12. The average molecular weight is 431 g/mol. The molecule has 0 saturated carbocycles. The van der Waals surface area contributed by atoms with E-state index in [1.54, 1.807) is 49.8 Å². The standard InChI is InChI=1S/C20H19BrN2O4/c1-3-10-23-17(12-6-8-22-9-7-12)16(19(25)20(23)26)18(24)13-4-5-15(27-2)14(21)11-13/h4-9,11,17,24H,3,10H2,1-2H3/b18-16-. The number of ether oxygens (including phenoxy) is 1. The summed E-state index contributed by atoms with van der Waals surface area (Å²) in [5, 5.41) is 10.9. The van der Waals surface area contributed by atoms with Gasteiger partial charge in [-0.2, -0.15) is 0 Å². The van der Waals surface area contributed by atoms with E-state index in [4.69, 9.17) is 4.74 Å². The maximum absolute atomic E-state index is 12.7. The number of ketones is 1. The third kappa shape index (κ3) is 3.47. The number of methoxy groups -OCH3 is 1. The van der Waals surface area contributed by atoms with Crippen molar-refractivity contribution in [3.8, 4) is 5.75 Å². The molecule has 0 spiro atoms. The smallest absolute Gasteiger partial charge is 0.295 e. The zero-order valence-electron chi connectivity index (χ0n) is 15.0. The molecule has 2 aromatic rings. The minimum atomic E-state index is -0.685. The number of aliphatic hydroxyl groups is 1. The molecule has 0 radical (unpaired) electrons. The van der Waals surface area contributed by atoms with Crippen LogP contribution in [0.2, 0.25) is 0 Å². The fraction of sp³-hybridized carbons (Fsp3) is 0.250. The summed E-state index contributed by atoms with van der Waals surface area (Å²) in [6.45, 7) is 2.35. The Morgan fingerprint density at radius 2 is 1.96 bits per heavy atom. The Bertz CT molecular complexity index is 911. The van der Waals surface area contributed by atoms with Gasteiger partial charge in [-0.25, -0.2) is 0 Å². The van der Waals surface area contributed by atoms with Crippen LogP contribution in [0.5, 0.6) is 5.75 Å². The predicted octanol–water partition coefficient (Wildman–Crippen LogP) is 3.68. The number of aromatic nitrogens is 1. The van der Waals surface area contributed by atoms with Crippen LogP contribution in [0.4, 0.5) is 0 Å². The summed E-state index contributed by atoms with van der Waals surface area (Å²) < 4.78 is 5.84. The molecule has 1 amide bonds. The molecule has 1 fully saturated rings. The molecule has 1 N–H and O–H groups in total. The minimum absolute atomic E-state index is 0.0803. The predicted molar refractivity (Wildman–Crippen MR) is 104 cm³/mol. The maximum Gasteiger partial charge on any atom is 0.295 e. The fourth-order valence-corrected chi connectivity index (χ4v) is 3.75. The van der Waals surface area contributed by atoms with E-state index in [9.17, 15) is 14.7 Å². The second-order valence-corrected chi connectivity index (χ2v) is 6.98. The maximum atomic E-state index is 12.7. The van der Waals surface area contributed by atoms with E-state index in [1.807, 2.05) is 6.92 Å². The van der Waals surface area contributed by atoms with Gasteiger partial charge in [0.2, 0.25) is 0 Å². The van der Waals surface area contributed by atoms with E-state index < -0.39 is 17.7 Å². The Kier molecular flexibility index (Phi) is 5.60. The van der Waals surface area contributed by atoms with Crippen molar-refractivity contribution < 1.29 is 19.4 Å². The molecule has 2 heterocycles. The molecule has 140 valence electrons. The molecule has 27 heavy (non-hydrogen) atoms. The van der Waals surface area contributed by atoms with E-state index in [1.165, 1.54) is 4.90 Å². The van der Waals surface area contributed by atoms with Crippen LogP contribution in [0, 0.1) is 0 Å². The van der Waals surface area contributed by atoms with E-state index in [-0.39, 0.29) is 11.3 Å². The fourth-order valence-electron chi connectivity index (χ4n) is 3.21. The van der Waals surface area contributed by atoms with E-state index in [0.717, 1.165) is 5.56 Å². The lowest BCUT2D eigenvalue weighted by Gasteiger charge is -2.24. The van der Waals surface area contributed by atoms with Crippen molar-refractivity contribution in [2.24, 2.45) is 0 Å². The second kappa shape index (κ2) is 7.92. The van der Waals surface area contributed by atoms with Gasteiger partial charge in [0, 0.05) is 24.5 Å².